The van der Waals surface area contributed by atoms with Crippen molar-refractivity contribution >= 4 is 11.8 Å². The number of nitrogens with one attached hydrogen (secondary N) is 1. The highest BCUT2D eigenvalue weighted by Gasteiger charge is 2.47. The molecular weight excluding hydrogens is 384 g/mol. The Kier molecular flexibility index (Phi) is 5.47. The van der Waals surface area contributed by atoms with Crippen molar-refractivity contribution in [3.63, 3.8) is 0 Å². The molecule has 3 aliphatic heterocycles. The normalized spacial score (nSPS) is 24.5. The van der Waals surface area contributed by atoms with Crippen molar-refractivity contribution in [3.8, 4) is 11.1 Å². The summed E-state index contributed by atoms with van der Waals surface area (Å²) in [5.74, 6) is 0.478. The van der Waals surface area contributed by atoms with Crippen LogP contribution in [0.25, 0.3) is 11.1 Å². The fourth-order valence-electron chi connectivity index (χ4n) is 5.29. The van der Waals surface area contributed by atoms with E-state index in [-0.39, 0.29) is 12.2 Å². The lowest BCUT2D eigenvalue weighted by Crippen LogP contribution is -2.63. The van der Waals surface area contributed by atoms with Gasteiger partial charge in [-0.25, -0.2) is 4.79 Å². The summed E-state index contributed by atoms with van der Waals surface area (Å²) in [4.78, 5) is 12.9. The molecule has 3 aromatic carbocycles. The van der Waals surface area contributed by atoms with Gasteiger partial charge in [0.15, 0.2) is 6.10 Å². The molecule has 1 amide bonds. The first kappa shape index (κ1) is 19.8. The molecule has 4 nitrogen and oxygen atoms in total. The minimum atomic E-state index is -0.347. The Bertz CT molecular complexity index is 1030. The molecule has 0 saturated carbocycles. The van der Waals surface area contributed by atoms with E-state index in [2.05, 4.69) is 47.8 Å². The zero-order valence-corrected chi connectivity index (χ0v) is 17.7. The summed E-state index contributed by atoms with van der Waals surface area (Å²) < 4.78 is 7.04. The van der Waals surface area contributed by atoms with E-state index >= 15 is 0 Å². The van der Waals surface area contributed by atoms with E-state index in [9.17, 15) is 4.79 Å². The molecule has 158 valence electrons. The van der Waals surface area contributed by atoms with Crippen LogP contribution in [0, 0.1) is 5.92 Å². The van der Waals surface area contributed by atoms with Crippen molar-refractivity contribution in [3.05, 3.63) is 90.5 Å². The zero-order valence-electron chi connectivity index (χ0n) is 17.7. The van der Waals surface area contributed by atoms with Crippen molar-refractivity contribution in [1.82, 2.24) is 0 Å². The first-order valence-corrected chi connectivity index (χ1v) is 11.2. The van der Waals surface area contributed by atoms with E-state index in [1.165, 1.54) is 18.7 Å². The van der Waals surface area contributed by atoms with Crippen LogP contribution in [0.1, 0.15) is 18.4 Å². The fraction of sp³-hybridized carbons (Fsp3) is 0.296. The molecule has 0 radical (unpaired) electrons. The highest BCUT2D eigenvalue weighted by atomic mass is 16.6. The van der Waals surface area contributed by atoms with Gasteiger partial charge < -0.3 is 9.22 Å². The fourth-order valence-corrected chi connectivity index (χ4v) is 5.29. The second-order valence-electron chi connectivity index (χ2n) is 8.93. The van der Waals surface area contributed by atoms with Gasteiger partial charge in [-0.05, 0) is 11.6 Å². The second kappa shape index (κ2) is 8.56. The Morgan fingerprint density at radius 2 is 1.52 bits per heavy atom. The number of hydrogen-bond acceptors (Lipinski definition) is 2. The lowest BCUT2D eigenvalue weighted by Gasteiger charge is -2.52. The van der Waals surface area contributed by atoms with Crippen molar-refractivity contribution in [2.24, 2.45) is 5.92 Å². The molecule has 1 atom stereocenters. The van der Waals surface area contributed by atoms with Crippen molar-refractivity contribution < 1.29 is 14.0 Å². The number of para-hydroxylation sites is 1. The number of hydrogen-bond donors (Lipinski definition) is 1. The van der Waals surface area contributed by atoms with Gasteiger partial charge in [0.25, 0.3) is 0 Å². The molecule has 3 aromatic rings. The number of carbonyl (C=O) groups excluding carboxylic acids is 1. The van der Waals surface area contributed by atoms with Crippen LogP contribution in [-0.4, -0.2) is 36.3 Å². The molecule has 4 heteroatoms. The lowest BCUT2D eigenvalue weighted by molar-refractivity contribution is -0.958. The highest BCUT2D eigenvalue weighted by Crippen LogP contribution is 2.37. The van der Waals surface area contributed by atoms with Crippen molar-refractivity contribution in [2.75, 3.05) is 25.0 Å². The number of quaternary nitrogens is 1. The predicted molar refractivity (Wildman–Crippen MR) is 124 cm³/mol. The summed E-state index contributed by atoms with van der Waals surface area (Å²) in [5, 5.41) is 3.01. The van der Waals surface area contributed by atoms with Gasteiger partial charge in [0, 0.05) is 29.9 Å². The number of ether oxygens (including phenoxy) is 1. The van der Waals surface area contributed by atoms with E-state index in [1.54, 1.807) is 0 Å². The summed E-state index contributed by atoms with van der Waals surface area (Å²) in [6.45, 7) is 4.29. The number of anilines is 1. The first-order chi connectivity index (χ1) is 15.2. The summed E-state index contributed by atoms with van der Waals surface area (Å²) in [7, 11) is 0. The number of benzene rings is 3. The minimum Gasteiger partial charge on any atom is -0.440 e. The smallest absolute Gasteiger partial charge is 0.412 e. The molecule has 31 heavy (non-hydrogen) atoms. The summed E-state index contributed by atoms with van der Waals surface area (Å²) in [6.07, 6.45) is 1.90. The summed E-state index contributed by atoms with van der Waals surface area (Å²) in [6, 6.07) is 28.7. The van der Waals surface area contributed by atoms with Crippen molar-refractivity contribution in [1.29, 1.82) is 0 Å². The van der Waals surface area contributed by atoms with Gasteiger partial charge in [0.2, 0.25) is 0 Å². The SMILES string of the molecule is O=C(Nc1ccccc1-c1ccccc1)OC1C[N+]2(Cc3ccccc3)CCC1CC2. The minimum absolute atomic E-state index is 0.0184. The Labute approximate surface area is 184 Å². The average Bonchev–Trinajstić information content (AvgIpc) is 2.81. The quantitative estimate of drug-likeness (QED) is 0.544. The third-order valence-corrected chi connectivity index (χ3v) is 6.91. The Balaban J connectivity index is 1.27. The summed E-state index contributed by atoms with van der Waals surface area (Å²) >= 11 is 0. The van der Waals surface area contributed by atoms with Gasteiger partial charge >= 0.3 is 6.09 Å². The number of amides is 1. The molecule has 3 fully saturated rings. The third-order valence-electron chi connectivity index (χ3n) is 6.91. The molecule has 3 aliphatic rings. The van der Waals surface area contributed by atoms with Gasteiger partial charge in [-0.2, -0.15) is 0 Å². The molecule has 6 rings (SSSR count). The van der Waals surface area contributed by atoms with Gasteiger partial charge in [0.05, 0.1) is 18.8 Å². The molecule has 0 aromatic heterocycles. The van der Waals surface area contributed by atoms with E-state index in [0.29, 0.717) is 5.92 Å². The molecule has 0 aliphatic carbocycles. The van der Waals surface area contributed by atoms with E-state index < -0.39 is 0 Å². The molecule has 3 saturated heterocycles. The molecule has 2 bridgehead atoms. The van der Waals surface area contributed by atoms with Crippen LogP contribution >= 0.6 is 0 Å². The number of nitrogens with zero attached hydrogens (tertiary/aromatic N) is 1. The molecular formula is C27H29N2O2+. The maximum absolute atomic E-state index is 12.9. The van der Waals surface area contributed by atoms with Crippen LogP contribution in [0.15, 0.2) is 84.9 Å². The number of rotatable bonds is 5. The van der Waals surface area contributed by atoms with Crippen LogP contribution < -0.4 is 5.32 Å². The Morgan fingerprint density at radius 3 is 2.26 bits per heavy atom. The maximum Gasteiger partial charge on any atom is 0.412 e. The molecule has 1 N–H and O–H groups in total. The molecule has 3 heterocycles. The zero-order chi connectivity index (χ0) is 21.1. The highest BCUT2D eigenvalue weighted by molar-refractivity contribution is 5.91. The summed E-state index contributed by atoms with van der Waals surface area (Å²) in [5.41, 5.74) is 4.23. The topological polar surface area (TPSA) is 38.3 Å². The maximum atomic E-state index is 12.9. The van der Waals surface area contributed by atoms with Crippen molar-refractivity contribution in [2.45, 2.75) is 25.5 Å². The number of carbonyl (C=O) groups is 1. The molecule has 1 unspecified atom stereocenters. The lowest BCUT2D eigenvalue weighted by atomic mass is 9.83. The predicted octanol–water partition coefficient (Wildman–Crippen LogP) is 5.71. The second-order valence-corrected chi connectivity index (χ2v) is 8.93. The number of fused-ring (bicyclic) bond motifs is 3. The van der Waals surface area contributed by atoms with Gasteiger partial charge in [0.1, 0.15) is 13.1 Å². The number of piperidine rings is 3. The van der Waals surface area contributed by atoms with E-state index in [1.807, 2.05) is 42.5 Å². The monoisotopic (exact) mass is 413 g/mol. The van der Waals surface area contributed by atoms with Crippen LogP contribution in [0.4, 0.5) is 10.5 Å². The van der Waals surface area contributed by atoms with Crippen LogP contribution in [0.5, 0.6) is 0 Å². The average molecular weight is 414 g/mol. The van der Waals surface area contributed by atoms with Crippen LogP contribution in [0.2, 0.25) is 0 Å². The van der Waals surface area contributed by atoms with Crippen LogP contribution in [0.3, 0.4) is 0 Å². The van der Waals surface area contributed by atoms with Gasteiger partial charge in [-0.15, -0.1) is 0 Å². The Morgan fingerprint density at radius 1 is 0.871 bits per heavy atom. The van der Waals surface area contributed by atoms with Gasteiger partial charge in [-0.3, -0.25) is 5.32 Å². The largest absolute Gasteiger partial charge is 0.440 e. The third kappa shape index (κ3) is 4.35. The van der Waals surface area contributed by atoms with Crippen LogP contribution in [-0.2, 0) is 11.3 Å². The van der Waals surface area contributed by atoms with Gasteiger partial charge in [-0.1, -0.05) is 78.9 Å². The Hall–Kier alpha value is -3.11. The van der Waals surface area contributed by atoms with E-state index in [0.717, 1.165) is 47.2 Å². The first-order valence-electron chi connectivity index (χ1n) is 11.2. The standard InChI is InChI=1S/C27H28N2O2/c30-27(28-25-14-8-7-13-24(25)22-11-5-2-6-12-22)31-26-20-29(17-15-23(26)16-18-29)19-21-9-3-1-4-10-21/h1-14,23,26H,15-20H2/p+1. The van der Waals surface area contributed by atoms with E-state index in [4.69, 9.17) is 4.74 Å². The molecule has 0 spiro atoms.